The number of hydrogen-bond donors (Lipinski definition) is 2. The van der Waals surface area contributed by atoms with Crippen LogP contribution in [0.5, 0.6) is 0 Å². The normalized spacial score (nSPS) is 26.6. The van der Waals surface area contributed by atoms with Gasteiger partial charge < -0.3 is 15.3 Å². The molecule has 0 saturated carbocycles. The number of allylic oxidation sites excluding steroid dienone is 4. The number of rotatable bonds is 4. The van der Waals surface area contributed by atoms with Crippen LogP contribution < -0.4 is 5.32 Å². The molecule has 2 unspecified atom stereocenters. The smallest absolute Gasteiger partial charge is 0.416 e. The Hall–Kier alpha value is -2.23. The van der Waals surface area contributed by atoms with Crippen LogP contribution in [-0.4, -0.2) is 57.0 Å². The first-order valence-electron chi connectivity index (χ1n) is 9.20. The Bertz CT molecular complexity index is 795. The minimum atomic E-state index is -4.78. The zero-order valence-electron chi connectivity index (χ0n) is 15.7. The topological polar surface area (TPSA) is 74.2 Å². The number of aliphatic hydroxyl groups is 1. The van der Waals surface area contributed by atoms with Gasteiger partial charge in [0.05, 0.1) is 17.0 Å². The van der Waals surface area contributed by atoms with Crippen molar-refractivity contribution in [1.29, 1.82) is 0 Å². The fraction of sp³-hybridized carbons (Fsp3) is 0.611. The second-order valence-corrected chi connectivity index (χ2v) is 7.22. The molecular weight excluding hydrogens is 378 g/mol. The van der Waals surface area contributed by atoms with Crippen molar-refractivity contribution >= 4 is 5.95 Å². The molecular formula is C18H23F4N5O. The number of aromatic nitrogens is 3. The highest BCUT2D eigenvalue weighted by atomic mass is 19.4. The number of aryl methyl sites for hydroxylation is 1. The Morgan fingerprint density at radius 1 is 1.36 bits per heavy atom. The number of likely N-dealkylation sites (tertiary alicyclic amines) is 1. The van der Waals surface area contributed by atoms with Gasteiger partial charge in [-0.3, -0.25) is 0 Å². The summed E-state index contributed by atoms with van der Waals surface area (Å²) in [5, 5.41) is 20.5. The van der Waals surface area contributed by atoms with E-state index in [2.05, 4.69) is 32.3 Å². The van der Waals surface area contributed by atoms with Crippen LogP contribution in [0, 0.1) is 6.92 Å². The fourth-order valence-corrected chi connectivity index (χ4v) is 3.64. The molecule has 10 heteroatoms. The molecule has 0 aromatic carbocycles. The van der Waals surface area contributed by atoms with E-state index < -0.39 is 29.6 Å². The maximum Gasteiger partial charge on any atom is 0.416 e. The van der Waals surface area contributed by atoms with Crippen LogP contribution in [0.15, 0.2) is 23.5 Å². The van der Waals surface area contributed by atoms with Gasteiger partial charge in [0, 0.05) is 19.0 Å². The fourth-order valence-electron chi connectivity index (χ4n) is 3.64. The Morgan fingerprint density at radius 3 is 2.75 bits per heavy atom. The van der Waals surface area contributed by atoms with Gasteiger partial charge in [-0.25, -0.2) is 9.37 Å². The zero-order chi connectivity index (χ0) is 20.5. The average Bonchev–Trinajstić information content (AvgIpc) is 2.60. The first kappa shape index (κ1) is 20.5. The molecule has 3 rings (SSSR count). The summed E-state index contributed by atoms with van der Waals surface area (Å²) < 4.78 is 54.3. The summed E-state index contributed by atoms with van der Waals surface area (Å²) >= 11 is 0. The van der Waals surface area contributed by atoms with Crippen LogP contribution in [-0.2, 0) is 5.67 Å². The van der Waals surface area contributed by atoms with Gasteiger partial charge in [-0.05, 0) is 45.0 Å². The highest BCUT2D eigenvalue weighted by Crippen LogP contribution is 2.42. The van der Waals surface area contributed by atoms with Crippen LogP contribution >= 0.6 is 0 Å². The van der Waals surface area contributed by atoms with Crippen molar-refractivity contribution in [2.45, 2.75) is 51.0 Å². The molecule has 0 radical (unpaired) electrons. The predicted molar refractivity (Wildman–Crippen MR) is 95.6 cm³/mol. The summed E-state index contributed by atoms with van der Waals surface area (Å²) in [6.45, 7) is 6.33. The summed E-state index contributed by atoms with van der Waals surface area (Å²) in [7, 11) is 0. The lowest BCUT2D eigenvalue weighted by atomic mass is 9.88. The van der Waals surface area contributed by atoms with E-state index in [0.717, 1.165) is 32.5 Å². The van der Waals surface area contributed by atoms with Gasteiger partial charge in [0.25, 0.3) is 0 Å². The molecule has 2 heterocycles. The summed E-state index contributed by atoms with van der Waals surface area (Å²) in [6.07, 6.45) is -2.52. The van der Waals surface area contributed by atoms with Gasteiger partial charge in [-0.15, -0.1) is 10.2 Å². The second-order valence-electron chi connectivity index (χ2n) is 7.22. The molecule has 1 aromatic rings. The minimum absolute atomic E-state index is 0.121. The number of halogens is 4. The van der Waals surface area contributed by atoms with E-state index >= 15 is 4.39 Å². The van der Waals surface area contributed by atoms with Crippen LogP contribution in [0.4, 0.5) is 23.5 Å². The number of aliphatic hydroxyl groups excluding tert-OH is 1. The van der Waals surface area contributed by atoms with E-state index in [1.165, 1.54) is 6.92 Å². The first-order chi connectivity index (χ1) is 13.1. The molecule has 2 atom stereocenters. The third-order valence-electron chi connectivity index (χ3n) is 5.01. The quantitative estimate of drug-likeness (QED) is 0.752. The Morgan fingerprint density at radius 2 is 2.11 bits per heavy atom. The van der Waals surface area contributed by atoms with Crippen molar-refractivity contribution in [2.24, 2.45) is 0 Å². The van der Waals surface area contributed by atoms with Gasteiger partial charge in [-0.1, -0.05) is 6.92 Å². The maximum atomic E-state index is 15.3. The summed E-state index contributed by atoms with van der Waals surface area (Å²) in [6, 6.07) is 0.124. The van der Waals surface area contributed by atoms with Crippen molar-refractivity contribution in [3.63, 3.8) is 0 Å². The molecule has 154 valence electrons. The minimum Gasteiger partial charge on any atom is -0.512 e. The van der Waals surface area contributed by atoms with Crippen LogP contribution in [0.3, 0.4) is 0 Å². The van der Waals surface area contributed by atoms with Crippen molar-refractivity contribution in [3.05, 3.63) is 34.9 Å². The number of likely N-dealkylation sites (N-methyl/N-ethyl adjacent to an activating group) is 1. The molecule has 1 aliphatic carbocycles. The zero-order valence-corrected chi connectivity index (χ0v) is 15.7. The highest BCUT2D eigenvalue weighted by Gasteiger charge is 2.44. The van der Waals surface area contributed by atoms with Gasteiger partial charge in [0.2, 0.25) is 5.95 Å². The Kier molecular flexibility index (Phi) is 5.60. The lowest BCUT2D eigenvalue weighted by Gasteiger charge is -2.32. The molecule has 1 fully saturated rings. The Labute approximate surface area is 160 Å². The van der Waals surface area contributed by atoms with Crippen LogP contribution in [0.25, 0.3) is 0 Å². The molecule has 0 spiro atoms. The third kappa shape index (κ3) is 4.43. The van der Waals surface area contributed by atoms with Gasteiger partial charge in [0.1, 0.15) is 5.69 Å². The molecule has 2 aliphatic rings. The van der Waals surface area contributed by atoms with Gasteiger partial charge in [0.15, 0.2) is 5.67 Å². The van der Waals surface area contributed by atoms with Crippen molar-refractivity contribution < 1.29 is 22.7 Å². The SMILES string of the molecule is CCN1CCCC(Nc2nnc(C3(F)C=C(C(F)(F)F)C=C(O)C3)c(C)n2)C1. The second kappa shape index (κ2) is 7.65. The molecule has 1 saturated heterocycles. The third-order valence-corrected chi connectivity index (χ3v) is 5.01. The predicted octanol–water partition coefficient (Wildman–Crippen LogP) is 3.58. The summed E-state index contributed by atoms with van der Waals surface area (Å²) in [5.74, 6) is -0.494. The van der Waals surface area contributed by atoms with Crippen molar-refractivity contribution in [3.8, 4) is 0 Å². The van der Waals surface area contributed by atoms with E-state index in [1.54, 1.807) is 0 Å². The van der Waals surface area contributed by atoms with Gasteiger partial charge >= 0.3 is 6.18 Å². The number of hydrogen-bond acceptors (Lipinski definition) is 6. The van der Waals surface area contributed by atoms with Crippen LogP contribution in [0.1, 0.15) is 37.6 Å². The van der Waals surface area contributed by atoms with E-state index in [4.69, 9.17) is 0 Å². The van der Waals surface area contributed by atoms with Crippen molar-refractivity contribution in [1.82, 2.24) is 20.1 Å². The van der Waals surface area contributed by atoms with E-state index in [9.17, 15) is 18.3 Å². The molecule has 6 nitrogen and oxygen atoms in total. The van der Waals surface area contributed by atoms with Gasteiger partial charge in [-0.2, -0.15) is 13.2 Å². The van der Waals surface area contributed by atoms with E-state index in [0.29, 0.717) is 12.2 Å². The number of anilines is 1. The largest absolute Gasteiger partial charge is 0.512 e. The molecule has 0 amide bonds. The molecule has 2 N–H and O–H groups in total. The molecule has 0 bridgehead atoms. The lowest BCUT2D eigenvalue weighted by Crippen LogP contribution is -2.42. The maximum absolute atomic E-state index is 15.3. The van der Waals surface area contributed by atoms with E-state index in [1.807, 2.05) is 0 Å². The van der Waals surface area contributed by atoms with E-state index in [-0.39, 0.29) is 23.4 Å². The summed E-state index contributed by atoms with van der Waals surface area (Å²) in [5.41, 5.74) is -4.10. The Balaban J connectivity index is 1.82. The van der Waals surface area contributed by atoms with Crippen molar-refractivity contribution in [2.75, 3.05) is 25.0 Å². The standard InChI is InChI=1S/C18H23F4N5O/c1-3-27-6-4-5-13(10-27)24-16-23-11(2)15(25-26-16)17(19)8-12(18(20,21)22)7-14(28)9-17/h7-8,13,28H,3-6,9-10H2,1-2H3,(H,23,24,26). The average molecular weight is 401 g/mol. The lowest BCUT2D eigenvalue weighted by molar-refractivity contribution is -0.0904. The number of alkyl halides is 4. The molecule has 28 heavy (non-hydrogen) atoms. The summed E-state index contributed by atoms with van der Waals surface area (Å²) in [4.78, 5) is 6.48. The first-order valence-corrected chi connectivity index (χ1v) is 9.20. The molecule has 1 aliphatic heterocycles. The number of nitrogens with one attached hydrogen (secondary N) is 1. The highest BCUT2D eigenvalue weighted by molar-refractivity contribution is 5.40. The number of piperidine rings is 1. The number of nitrogens with zero attached hydrogens (tertiary/aromatic N) is 4. The monoisotopic (exact) mass is 401 g/mol. The molecule has 1 aromatic heterocycles. The van der Waals surface area contributed by atoms with Crippen LogP contribution in [0.2, 0.25) is 0 Å².